The van der Waals surface area contributed by atoms with Crippen molar-refractivity contribution in [2.24, 2.45) is 4.99 Å². The van der Waals surface area contributed by atoms with Crippen molar-refractivity contribution in [1.29, 1.82) is 0 Å². The van der Waals surface area contributed by atoms with Gasteiger partial charge in [0.25, 0.3) is 5.91 Å². The molecule has 3 aromatic rings. The summed E-state index contributed by atoms with van der Waals surface area (Å²) >= 11 is 0. The summed E-state index contributed by atoms with van der Waals surface area (Å²) in [6.45, 7) is 0. The van der Waals surface area contributed by atoms with E-state index in [0.717, 1.165) is 5.56 Å². The summed E-state index contributed by atoms with van der Waals surface area (Å²) in [6, 6.07) is 14.9. The van der Waals surface area contributed by atoms with Gasteiger partial charge in [0.1, 0.15) is 17.3 Å². The Hall–Kier alpha value is -3.67. The summed E-state index contributed by atoms with van der Waals surface area (Å²) in [6.07, 6.45) is 4.81. The first-order chi connectivity index (χ1) is 13.1. The summed E-state index contributed by atoms with van der Waals surface area (Å²) in [7, 11) is 0. The lowest BCUT2D eigenvalue weighted by molar-refractivity contribution is -0.113. The molecule has 0 fully saturated rings. The topological polar surface area (TPSA) is 45.6 Å². The molecular formula is C21H13F2N3O. The highest BCUT2D eigenvalue weighted by molar-refractivity contribution is 6.33. The van der Waals surface area contributed by atoms with Gasteiger partial charge in [-0.05, 0) is 60.2 Å². The van der Waals surface area contributed by atoms with Crippen molar-refractivity contribution in [3.05, 3.63) is 102 Å². The van der Waals surface area contributed by atoms with Gasteiger partial charge in [-0.1, -0.05) is 12.1 Å². The van der Waals surface area contributed by atoms with E-state index >= 15 is 0 Å². The van der Waals surface area contributed by atoms with Crippen LogP contribution in [0.15, 0.2) is 83.7 Å². The number of pyridine rings is 1. The predicted molar refractivity (Wildman–Crippen MR) is 99.0 cm³/mol. The molecule has 0 aliphatic carbocycles. The molecule has 0 spiro atoms. The van der Waals surface area contributed by atoms with Crippen molar-refractivity contribution in [2.75, 3.05) is 4.90 Å². The van der Waals surface area contributed by atoms with E-state index in [1.807, 2.05) is 0 Å². The molecule has 4 nitrogen and oxygen atoms in total. The number of carbonyl (C=O) groups excluding carboxylic acids is 1. The molecule has 132 valence electrons. The van der Waals surface area contributed by atoms with Crippen molar-refractivity contribution in [3.63, 3.8) is 0 Å². The number of halogens is 2. The number of carbonyl (C=O) groups is 1. The van der Waals surface area contributed by atoms with E-state index in [1.165, 1.54) is 35.2 Å². The van der Waals surface area contributed by atoms with Gasteiger partial charge in [-0.25, -0.2) is 13.8 Å². The molecule has 4 rings (SSSR count). The van der Waals surface area contributed by atoms with Crippen LogP contribution < -0.4 is 4.90 Å². The minimum Gasteiger partial charge on any atom is -0.266 e. The monoisotopic (exact) mass is 361 g/mol. The predicted octanol–water partition coefficient (Wildman–Crippen LogP) is 4.19. The lowest BCUT2D eigenvalue weighted by Crippen LogP contribution is -2.33. The molecule has 0 bridgehead atoms. The number of amides is 1. The van der Waals surface area contributed by atoms with Gasteiger partial charge in [-0.2, -0.15) is 0 Å². The van der Waals surface area contributed by atoms with E-state index in [1.54, 1.807) is 48.8 Å². The number of aromatic nitrogens is 1. The van der Waals surface area contributed by atoms with Crippen LogP contribution in [0.1, 0.15) is 11.1 Å². The average molecular weight is 361 g/mol. The molecular weight excluding hydrogens is 348 g/mol. The highest BCUT2D eigenvalue weighted by atomic mass is 19.1. The Balaban J connectivity index is 1.85. The third-order valence-electron chi connectivity index (χ3n) is 4.07. The van der Waals surface area contributed by atoms with Gasteiger partial charge in [0.05, 0.1) is 11.3 Å². The van der Waals surface area contributed by atoms with Crippen LogP contribution in [0.25, 0.3) is 6.08 Å². The average Bonchev–Trinajstić information content (AvgIpc) is 3.00. The SMILES string of the molecule is O=C1/C(=C\c2ccncc2)N=C(c2ccccc2F)N1c1ccc(F)cc1. The Morgan fingerprint density at radius 2 is 1.59 bits per heavy atom. The zero-order valence-electron chi connectivity index (χ0n) is 14.0. The van der Waals surface area contributed by atoms with Gasteiger partial charge < -0.3 is 0 Å². The minimum atomic E-state index is -0.499. The van der Waals surface area contributed by atoms with E-state index in [0.29, 0.717) is 5.69 Å². The molecule has 2 heterocycles. The van der Waals surface area contributed by atoms with E-state index < -0.39 is 17.5 Å². The maximum Gasteiger partial charge on any atom is 0.282 e. The smallest absolute Gasteiger partial charge is 0.266 e. The number of amidine groups is 1. The third kappa shape index (κ3) is 3.25. The van der Waals surface area contributed by atoms with E-state index in [4.69, 9.17) is 0 Å². The standard InChI is InChI=1S/C21H13F2N3O/c22-15-5-7-16(8-6-15)26-20(17-3-1-2-4-18(17)23)25-19(21(26)27)13-14-9-11-24-12-10-14/h1-13H/b19-13+. The zero-order valence-corrected chi connectivity index (χ0v) is 14.0. The molecule has 1 aliphatic heterocycles. The molecule has 0 saturated carbocycles. The second-order valence-electron chi connectivity index (χ2n) is 5.84. The normalized spacial score (nSPS) is 15.3. The van der Waals surface area contributed by atoms with E-state index in [-0.39, 0.29) is 17.1 Å². The van der Waals surface area contributed by atoms with Crippen LogP contribution in [0, 0.1) is 11.6 Å². The number of benzene rings is 2. The lowest BCUT2D eigenvalue weighted by atomic mass is 10.1. The molecule has 0 saturated heterocycles. The van der Waals surface area contributed by atoms with Crippen LogP contribution >= 0.6 is 0 Å². The number of hydrogen-bond acceptors (Lipinski definition) is 3. The third-order valence-corrected chi connectivity index (χ3v) is 4.07. The summed E-state index contributed by atoms with van der Waals surface area (Å²) in [5.74, 6) is -1.19. The fourth-order valence-electron chi connectivity index (χ4n) is 2.79. The largest absolute Gasteiger partial charge is 0.282 e. The van der Waals surface area contributed by atoms with Crippen molar-refractivity contribution >= 4 is 23.5 Å². The molecule has 1 aliphatic rings. The number of anilines is 1. The molecule has 0 N–H and O–H groups in total. The number of hydrogen-bond donors (Lipinski definition) is 0. The van der Waals surface area contributed by atoms with Gasteiger partial charge in [-0.15, -0.1) is 0 Å². The number of aliphatic imine (C=N–C) groups is 1. The van der Waals surface area contributed by atoms with Crippen LogP contribution in [0.4, 0.5) is 14.5 Å². The lowest BCUT2D eigenvalue weighted by Gasteiger charge is -2.18. The van der Waals surface area contributed by atoms with Gasteiger partial charge in [0, 0.05) is 12.4 Å². The van der Waals surface area contributed by atoms with Gasteiger partial charge in [-0.3, -0.25) is 14.7 Å². The summed E-state index contributed by atoms with van der Waals surface area (Å²) < 4.78 is 27.7. The van der Waals surface area contributed by atoms with Crippen molar-refractivity contribution < 1.29 is 13.6 Å². The van der Waals surface area contributed by atoms with E-state index in [2.05, 4.69) is 9.98 Å². The minimum absolute atomic E-state index is 0.156. The van der Waals surface area contributed by atoms with Gasteiger partial charge in [0.15, 0.2) is 5.84 Å². The first-order valence-corrected chi connectivity index (χ1v) is 8.19. The van der Waals surface area contributed by atoms with Gasteiger partial charge in [0.2, 0.25) is 0 Å². The highest BCUT2D eigenvalue weighted by Crippen LogP contribution is 2.28. The van der Waals surface area contributed by atoms with Gasteiger partial charge >= 0.3 is 0 Å². The molecule has 0 radical (unpaired) electrons. The fraction of sp³-hybridized carbons (Fsp3) is 0. The Kier molecular flexibility index (Phi) is 4.30. The Morgan fingerprint density at radius 1 is 0.889 bits per heavy atom. The van der Waals surface area contributed by atoms with Crippen LogP contribution in [0.5, 0.6) is 0 Å². The van der Waals surface area contributed by atoms with E-state index in [9.17, 15) is 13.6 Å². The fourth-order valence-corrected chi connectivity index (χ4v) is 2.79. The van der Waals surface area contributed by atoms with Crippen molar-refractivity contribution in [1.82, 2.24) is 4.98 Å². The molecule has 1 amide bonds. The van der Waals surface area contributed by atoms with Crippen LogP contribution in [0.3, 0.4) is 0 Å². The van der Waals surface area contributed by atoms with Crippen molar-refractivity contribution in [2.45, 2.75) is 0 Å². The second-order valence-corrected chi connectivity index (χ2v) is 5.84. The number of nitrogens with zero attached hydrogens (tertiary/aromatic N) is 3. The molecule has 27 heavy (non-hydrogen) atoms. The van der Waals surface area contributed by atoms with Crippen LogP contribution in [-0.2, 0) is 4.79 Å². The Morgan fingerprint density at radius 3 is 2.30 bits per heavy atom. The maximum absolute atomic E-state index is 14.4. The summed E-state index contributed by atoms with van der Waals surface area (Å²) in [4.78, 5) is 22.6. The first kappa shape index (κ1) is 16.8. The number of rotatable bonds is 3. The zero-order chi connectivity index (χ0) is 18.8. The maximum atomic E-state index is 14.4. The quantitative estimate of drug-likeness (QED) is 0.657. The van der Waals surface area contributed by atoms with Crippen molar-refractivity contribution in [3.8, 4) is 0 Å². The molecule has 6 heteroatoms. The molecule has 0 atom stereocenters. The molecule has 0 unspecified atom stereocenters. The Bertz CT molecular complexity index is 1060. The summed E-state index contributed by atoms with van der Waals surface area (Å²) in [5, 5.41) is 0. The Labute approximate surface area is 154 Å². The highest BCUT2D eigenvalue weighted by Gasteiger charge is 2.33. The first-order valence-electron chi connectivity index (χ1n) is 8.19. The van der Waals surface area contributed by atoms with Crippen LogP contribution in [0.2, 0.25) is 0 Å². The second kappa shape index (κ2) is 6.92. The summed E-state index contributed by atoms with van der Waals surface area (Å²) in [5.41, 5.74) is 1.49. The molecule has 2 aromatic carbocycles. The molecule has 1 aromatic heterocycles. The van der Waals surface area contributed by atoms with Crippen LogP contribution in [-0.4, -0.2) is 16.7 Å².